The molecule has 0 aromatic heterocycles. The molecule has 0 aliphatic rings. The lowest BCUT2D eigenvalue weighted by Crippen LogP contribution is -2.30. The van der Waals surface area contributed by atoms with Gasteiger partial charge in [0.05, 0.1) is 0 Å². The van der Waals surface area contributed by atoms with Gasteiger partial charge in [-0.2, -0.15) is 0 Å². The van der Waals surface area contributed by atoms with Crippen molar-refractivity contribution in [2.75, 3.05) is 13.2 Å². The molecule has 0 saturated carbocycles. The van der Waals surface area contributed by atoms with E-state index in [1.54, 1.807) is 0 Å². The lowest BCUT2D eigenvalue weighted by atomic mass is 10.0. The van der Waals surface area contributed by atoms with Crippen LogP contribution in [0.3, 0.4) is 0 Å². The third kappa shape index (κ3) is 60.4. The molecule has 6 heteroatoms. The highest BCUT2D eigenvalue weighted by Crippen LogP contribution is 2.18. The van der Waals surface area contributed by atoms with Crippen LogP contribution in [0.2, 0.25) is 0 Å². The quantitative estimate of drug-likeness (QED) is 0.0261. The van der Waals surface area contributed by atoms with Gasteiger partial charge < -0.3 is 14.2 Å². The first-order valence-electron chi connectivity index (χ1n) is 32.5. The Bertz CT molecular complexity index is 1220. The number of hydrogen-bond acceptors (Lipinski definition) is 6. The zero-order valence-electron chi connectivity index (χ0n) is 49.2. The number of allylic oxidation sites excluding steroid dienone is 6. The number of carbonyl (C=O) groups excluding carboxylic acids is 3. The van der Waals surface area contributed by atoms with Crippen LogP contribution in [0, 0.1) is 0 Å². The van der Waals surface area contributed by atoms with Crippen LogP contribution in [-0.2, 0) is 28.6 Å². The van der Waals surface area contributed by atoms with Crippen molar-refractivity contribution in [3.05, 3.63) is 36.5 Å². The normalized spacial score (nSPS) is 12.2. The molecule has 0 fully saturated rings. The highest BCUT2D eigenvalue weighted by Gasteiger charge is 2.19. The summed E-state index contributed by atoms with van der Waals surface area (Å²) in [4.78, 5) is 38.1. The molecule has 0 spiro atoms. The summed E-state index contributed by atoms with van der Waals surface area (Å²) in [6.07, 6.45) is 76.0. The van der Waals surface area contributed by atoms with Gasteiger partial charge in [0.15, 0.2) is 6.10 Å². The maximum atomic E-state index is 12.8. The molecule has 1 atom stereocenters. The summed E-state index contributed by atoms with van der Waals surface area (Å²) in [6, 6.07) is 0. The van der Waals surface area contributed by atoms with E-state index < -0.39 is 6.10 Å². The second-order valence-electron chi connectivity index (χ2n) is 22.0. The standard InChI is InChI=1S/C67H124O6/c1-4-7-10-13-16-19-22-24-26-27-28-29-30-31-32-33-34-35-36-37-38-39-40-41-42-44-45-48-51-54-57-60-66(69)72-63-64(62-71-65(68)59-56-53-50-47-21-18-15-12-9-6-3)73-67(70)61-58-55-52-49-46-43-25-23-20-17-14-11-8-5-2/h22,24,27-28,30-31,64H,4-21,23,25-26,29,32-63H2,1-3H3/b24-22-,28-27-,31-30-. The van der Waals surface area contributed by atoms with E-state index >= 15 is 0 Å². The molecule has 428 valence electrons. The van der Waals surface area contributed by atoms with Crippen LogP contribution in [0.25, 0.3) is 0 Å². The second kappa shape index (κ2) is 62.2. The Kier molecular flexibility index (Phi) is 60.2. The van der Waals surface area contributed by atoms with Crippen LogP contribution in [0.15, 0.2) is 36.5 Å². The number of hydrogen-bond donors (Lipinski definition) is 0. The van der Waals surface area contributed by atoms with Gasteiger partial charge in [-0.1, -0.05) is 314 Å². The van der Waals surface area contributed by atoms with Crippen molar-refractivity contribution in [3.8, 4) is 0 Å². The highest BCUT2D eigenvalue weighted by molar-refractivity contribution is 5.71. The largest absolute Gasteiger partial charge is 0.462 e. The van der Waals surface area contributed by atoms with Gasteiger partial charge in [-0.25, -0.2) is 0 Å². The Hall–Kier alpha value is -2.37. The van der Waals surface area contributed by atoms with Gasteiger partial charge in [0, 0.05) is 19.3 Å². The molecule has 0 aromatic rings. The summed E-state index contributed by atoms with van der Waals surface area (Å²) in [5.41, 5.74) is 0. The molecule has 1 unspecified atom stereocenters. The van der Waals surface area contributed by atoms with E-state index in [0.29, 0.717) is 19.3 Å². The lowest BCUT2D eigenvalue weighted by Gasteiger charge is -2.18. The second-order valence-corrected chi connectivity index (χ2v) is 22.0. The van der Waals surface area contributed by atoms with Gasteiger partial charge in [-0.05, 0) is 57.8 Å². The van der Waals surface area contributed by atoms with Crippen molar-refractivity contribution < 1.29 is 28.6 Å². The van der Waals surface area contributed by atoms with E-state index in [2.05, 4.69) is 57.2 Å². The molecule has 0 rings (SSSR count). The fourth-order valence-electron chi connectivity index (χ4n) is 9.75. The monoisotopic (exact) mass is 1020 g/mol. The summed E-state index contributed by atoms with van der Waals surface area (Å²) in [6.45, 7) is 6.67. The maximum absolute atomic E-state index is 12.8. The molecule has 0 amide bonds. The zero-order valence-corrected chi connectivity index (χ0v) is 49.2. The number of carbonyl (C=O) groups is 3. The molecule has 0 radical (unpaired) electrons. The van der Waals surface area contributed by atoms with Crippen molar-refractivity contribution in [2.24, 2.45) is 0 Å². The number of esters is 3. The topological polar surface area (TPSA) is 78.9 Å². The molecular formula is C67H124O6. The summed E-state index contributed by atoms with van der Waals surface area (Å²) >= 11 is 0. The minimum atomic E-state index is -0.765. The van der Waals surface area contributed by atoms with Gasteiger partial charge in [0.25, 0.3) is 0 Å². The van der Waals surface area contributed by atoms with Crippen molar-refractivity contribution in [1.82, 2.24) is 0 Å². The predicted molar refractivity (Wildman–Crippen MR) is 316 cm³/mol. The minimum absolute atomic E-state index is 0.0656. The van der Waals surface area contributed by atoms with Crippen molar-refractivity contribution in [1.29, 1.82) is 0 Å². The van der Waals surface area contributed by atoms with E-state index in [0.717, 1.165) is 70.6 Å². The molecule has 0 heterocycles. The first-order chi connectivity index (χ1) is 36.0. The fraction of sp³-hybridized carbons (Fsp3) is 0.866. The van der Waals surface area contributed by atoms with Crippen LogP contribution in [-0.4, -0.2) is 37.2 Å². The molecule has 0 saturated heterocycles. The fourth-order valence-corrected chi connectivity index (χ4v) is 9.75. The van der Waals surface area contributed by atoms with Crippen molar-refractivity contribution in [3.63, 3.8) is 0 Å². The van der Waals surface area contributed by atoms with E-state index in [-0.39, 0.29) is 31.1 Å². The van der Waals surface area contributed by atoms with Gasteiger partial charge in [0.1, 0.15) is 13.2 Å². The van der Waals surface area contributed by atoms with E-state index in [9.17, 15) is 14.4 Å². The third-order valence-corrected chi connectivity index (χ3v) is 14.6. The van der Waals surface area contributed by atoms with Gasteiger partial charge in [0.2, 0.25) is 0 Å². The van der Waals surface area contributed by atoms with Crippen molar-refractivity contribution >= 4 is 17.9 Å². The molecule has 0 aliphatic heterocycles. The van der Waals surface area contributed by atoms with E-state index in [1.165, 1.54) is 244 Å². The zero-order chi connectivity index (χ0) is 52.9. The van der Waals surface area contributed by atoms with Gasteiger partial charge in [-0.3, -0.25) is 14.4 Å². The molecule has 73 heavy (non-hydrogen) atoms. The minimum Gasteiger partial charge on any atom is -0.462 e. The average molecular weight is 1030 g/mol. The highest BCUT2D eigenvalue weighted by atomic mass is 16.6. The predicted octanol–water partition coefficient (Wildman–Crippen LogP) is 22.0. The number of ether oxygens (including phenoxy) is 3. The Balaban J connectivity index is 4.07. The maximum Gasteiger partial charge on any atom is 0.306 e. The molecule has 0 N–H and O–H groups in total. The summed E-state index contributed by atoms with van der Waals surface area (Å²) < 4.78 is 16.9. The van der Waals surface area contributed by atoms with Gasteiger partial charge >= 0.3 is 17.9 Å². The van der Waals surface area contributed by atoms with Crippen LogP contribution in [0.4, 0.5) is 0 Å². The van der Waals surface area contributed by atoms with Gasteiger partial charge in [-0.15, -0.1) is 0 Å². The Morgan fingerprint density at radius 2 is 0.493 bits per heavy atom. The third-order valence-electron chi connectivity index (χ3n) is 14.6. The van der Waals surface area contributed by atoms with Crippen LogP contribution in [0.5, 0.6) is 0 Å². The number of rotatable bonds is 60. The first-order valence-corrected chi connectivity index (χ1v) is 32.5. The molecule has 0 aliphatic carbocycles. The van der Waals surface area contributed by atoms with Crippen molar-refractivity contribution in [2.45, 2.75) is 361 Å². The summed E-state index contributed by atoms with van der Waals surface area (Å²) in [7, 11) is 0. The first kappa shape index (κ1) is 70.6. The Morgan fingerprint density at radius 3 is 0.767 bits per heavy atom. The molecular weight excluding hydrogens is 901 g/mol. The average Bonchev–Trinajstić information content (AvgIpc) is 3.39. The smallest absolute Gasteiger partial charge is 0.306 e. The SMILES string of the molecule is CCCCCCC/C=C\C/C=C\C/C=C\CCCCCCCCCCCCCCCCCCC(=O)OCC(COC(=O)CCCCCCCCCCCC)OC(=O)CCCCCCCCCCCCCCCC. The Labute approximate surface area is 455 Å². The Morgan fingerprint density at radius 1 is 0.274 bits per heavy atom. The molecule has 0 bridgehead atoms. The number of unbranched alkanes of at least 4 members (excludes halogenated alkanes) is 43. The molecule has 6 nitrogen and oxygen atoms in total. The van der Waals surface area contributed by atoms with Crippen LogP contribution < -0.4 is 0 Å². The van der Waals surface area contributed by atoms with E-state index in [1.807, 2.05) is 0 Å². The summed E-state index contributed by atoms with van der Waals surface area (Å²) in [5.74, 6) is -0.844. The van der Waals surface area contributed by atoms with E-state index in [4.69, 9.17) is 14.2 Å². The lowest BCUT2D eigenvalue weighted by molar-refractivity contribution is -0.167. The van der Waals surface area contributed by atoms with Crippen LogP contribution >= 0.6 is 0 Å². The summed E-state index contributed by atoms with van der Waals surface area (Å²) in [5, 5.41) is 0. The molecule has 0 aromatic carbocycles. The van der Waals surface area contributed by atoms with Crippen LogP contribution in [0.1, 0.15) is 355 Å².